The molecule has 78 valence electrons. The number of rotatable bonds is 7. The van der Waals surface area contributed by atoms with E-state index in [-0.39, 0.29) is 0 Å². The summed E-state index contributed by atoms with van der Waals surface area (Å²) in [5.74, 6) is 0.825. The van der Waals surface area contributed by atoms with Crippen molar-refractivity contribution in [1.29, 1.82) is 0 Å². The summed E-state index contributed by atoms with van der Waals surface area (Å²) in [4.78, 5) is 4.55. The zero-order valence-electron chi connectivity index (χ0n) is 9.77. The largest absolute Gasteiger partial charge is 0.294 e. The first-order chi connectivity index (χ1) is 6.16. The highest BCUT2D eigenvalue weighted by Crippen LogP contribution is 2.04. The molecule has 0 aliphatic rings. The predicted molar refractivity (Wildman–Crippen MR) is 61.6 cm³/mol. The van der Waals surface area contributed by atoms with E-state index in [0.717, 1.165) is 12.5 Å². The van der Waals surface area contributed by atoms with Gasteiger partial charge in [-0.1, -0.05) is 27.2 Å². The molecular weight excluding hydrogens is 158 g/mol. The predicted octanol–water partition coefficient (Wildman–Crippen LogP) is 4.07. The summed E-state index contributed by atoms with van der Waals surface area (Å²) in [6, 6.07) is 0. The minimum absolute atomic E-state index is 0.825. The standard InChI is InChI=1S/C12H25N/c1-5-6-9-12(4)13-10-7-8-11(2)3/h11H,5-10H2,1-4H3/b13-12+. The first-order valence-electron chi connectivity index (χ1n) is 5.66. The van der Waals surface area contributed by atoms with Crippen LogP contribution in [0.25, 0.3) is 0 Å². The highest BCUT2D eigenvalue weighted by Gasteiger charge is 1.93. The van der Waals surface area contributed by atoms with Crippen LogP contribution >= 0.6 is 0 Å². The van der Waals surface area contributed by atoms with Crippen molar-refractivity contribution in [1.82, 2.24) is 0 Å². The van der Waals surface area contributed by atoms with Crippen LogP contribution in [-0.2, 0) is 0 Å². The molecule has 0 bridgehead atoms. The molecular formula is C12H25N. The minimum Gasteiger partial charge on any atom is -0.294 e. The summed E-state index contributed by atoms with van der Waals surface area (Å²) < 4.78 is 0. The SMILES string of the molecule is CCCC/C(C)=N/CCCC(C)C. The molecule has 0 unspecified atom stereocenters. The summed E-state index contributed by atoms with van der Waals surface area (Å²) >= 11 is 0. The van der Waals surface area contributed by atoms with Gasteiger partial charge in [0.2, 0.25) is 0 Å². The van der Waals surface area contributed by atoms with Crippen molar-refractivity contribution < 1.29 is 0 Å². The van der Waals surface area contributed by atoms with Crippen molar-refractivity contribution in [2.45, 2.75) is 59.8 Å². The van der Waals surface area contributed by atoms with Crippen LogP contribution in [0.2, 0.25) is 0 Å². The van der Waals surface area contributed by atoms with Gasteiger partial charge in [0.15, 0.2) is 0 Å². The smallest absolute Gasteiger partial charge is 0.0388 e. The lowest BCUT2D eigenvalue weighted by molar-refractivity contribution is 0.561. The Bertz CT molecular complexity index is 136. The molecule has 1 nitrogen and oxygen atoms in total. The number of hydrogen-bond donors (Lipinski definition) is 0. The van der Waals surface area contributed by atoms with E-state index < -0.39 is 0 Å². The third kappa shape index (κ3) is 9.59. The van der Waals surface area contributed by atoms with E-state index in [4.69, 9.17) is 0 Å². The van der Waals surface area contributed by atoms with Crippen molar-refractivity contribution in [3.63, 3.8) is 0 Å². The van der Waals surface area contributed by atoms with Crippen LogP contribution in [0.1, 0.15) is 59.8 Å². The Balaban J connectivity index is 3.36. The zero-order chi connectivity index (χ0) is 10.1. The van der Waals surface area contributed by atoms with Gasteiger partial charge in [-0.2, -0.15) is 0 Å². The maximum Gasteiger partial charge on any atom is 0.0388 e. The third-order valence-electron chi connectivity index (χ3n) is 2.21. The molecule has 0 amide bonds. The van der Waals surface area contributed by atoms with Crippen LogP contribution < -0.4 is 0 Å². The van der Waals surface area contributed by atoms with Gasteiger partial charge in [-0.05, 0) is 38.5 Å². The maximum atomic E-state index is 4.55. The van der Waals surface area contributed by atoms with E-state index >= 15 is 0 Å². The van der Waals surface area contributed by atoms with E-state index in [2.05, 4.69) is 32.7 Å². The normalized spacial score (nSPS) is 12.5. The molecule has 0 spiro atoms. The van der Waals surface area contributed by atoms with E-state index in [1.165, 1.54) is 37.8 Å². The summed E-state index contributed by atoms with van der Waals surface area (Å²) in [5.41, 5.74) is 1.34. The Hall–Kier alpha value is -0.330. The molecule has 0 saturated carbocycles. The van der Waals surface area contributed by atoms with Crippen molar-refractivity contribution in [3.05, 3.63) is 0 Å². The first-order valence-corrected chi connectivity index (χ1v) is 5.66. The molecule has 0 radical (unpaired) electrons. The number of aliphatic imine (C=N–C) groups is 1. The summed E-state index contributed by atoms with van der Waals surface area (Å²) in [7, 11) is 0. The molecule has 0 aromatic rings. The fourth-order valence-corrected chi connectivity index (χ4v) is 1.28. The summed E-state index contributed by atoms with van der Waals surface area (Å²) in [6.45, 7) is 9.96. The zero-order valence-corrected chi connectivity index (χ0v) is 9.77. The monoisotopic (exact) mass is 183 g/mol. The molecule has 1 heteroatoms. The van der Waals surface area contributed by atoms with Gasteiger partial charge in [-0.3, -0.25) is 4.99 Å². The fraction of sp³-hybridized carbons (Fsp3) is 0.917. The molecule has 0 N–H and O–H groups in total. The Kier molecular flexibility index (Phi) is 8.07. The van der Waals surface area contributed by atoms with Gasteiger partial charge >= 0.3 is 0 Å². The lowest BCUT2D eigenvalue weighted by Crippen LogP contribution is -1.95. The molecule has 0 fully saturated rings. The molecule has 0 aliphatic carbocycles. The average Bonchev–Trinajstić information content (AvgIpc) is 2.08. The van der Waals surface area contributed by atoms with Gasteiger partial charge < -0.3 is 0 Å². The van der Waals surface area contributed by atoms with Gasteiger partial charge in [0.1, 0.15) is 0 Å². The van der Waals surface area contributed by atoms with Crippen LogP contribution in [0.15, 0.2) is 4.99 Å². The second kappa shape index (κ2) is 8.28. The van der Waals surface area contributed by atoms with Crippen LogP contribution in [-0.4, -0.2) is 12.3 Å². The van der Waals surface area contributed by atoms with Gasteiger partial charge in [0.05, 0.1) is 0 Å². The molecule has 0 heterocycles. The number of hydrogen-bond acceptors (Lipinski definition) is 1. The topological polar surface area (TPSA) is 12.4 Å². The highest BCUT2D eigenvalue weighted by atomic mass is 14.7. The Morgan fingerprint density at radius 3 is 2.46 bits per heavy atom. The maximum absolute atomic E-state index is 4.55. The third-order valence-corrected chi connectivity index (χ3v) is 2.21. The molecule has 0 atom stereocenters. The Morgan fingerprint density at radius 2 is 1.92 bits per heavy atom. The van der Waals surface area contributed by atoms with Crippen LogP contribution in [0.5, 0.6) is 0 Å². The van der Waals surface area contributed by atoms with Crippen LogP contribution in [0.4, 0.5) is 0 Å². The molecule has 0 aromatic heterocycles. The Morgan fingerprint density at radius 1 is 1.23 bits per heavy atom. The second-order valence-electron chi connectivity index (χ2n) is 4.26. The highest BCUT2D eigenvalue weighted by molar-refractivity contribution is 5.81. The Labute approximate surface area is 83.6 Å². The van der Waals surface area contributed by atoms with Gasteiger partial charge in [-0.25, -0.2) is 0 Å². The van der Waals surface area contributed by atoms with Gasteiger partial charge in [0, 0.05) is 12.3 Å². The van der Waals surface area contributed by atoms with Crippen molar-refractivity contribution in [2.75, 3.05) is 6.54 Å². The van der Waals surface area contributed by atoms with Gasteiger partial charge in [-0.15, -0.1) is 0 Å². The van der Waals surface area contributed by atoms with E-state index in [1.54, 1.807) is 0 Å². The minimum atomic E-state index is 0.825. The number of unbranched alkanes of at least 4 members (excludes halogenated alkanes) is 1. The van der Waals surface area contributed by atoms with E-state index in [0.29, 0.717) is 0 Å². The van der Waals surface area contributed by atoms with E-state index in [9.17, 15) is 0 Å². The second-order valence-corrected chi connectivity index (χ2v) is 4.26. The van der Waals surface area contributed by atoms with Gasteiger partial charge in [0.25, 0.3) is 0 Å². The molecule has 13 heavy (non-hydrogen) atoms. The van der Waals surface area contributed by atoms with Crippen molar-refractivity contribution in [3.8, 4) is 0 Å². The summed E-state index contributed by atoms with van der Waals surface area (Å²) in [6.07, 6.45) is 6.32. The van der Waals surface area contributed by atoms with Crippen LogP contribution in [0.3, 0.4) is 0 Å². The fourth-order valence-electron chi connectivity index (χ4n) is 1.28. The van der Waals surface area contributed by atoms with E-state index in [1.807, 2.05) is 0 Å². The number of nitrogens with zero attached hydrogens (tertiary/aromatic N) is 1. The van der Waals surface area contributed by atoms with Crippen molar-refractivity contribution >= 4 is 5.71 Å². The first kappa shape index (κ1) is 12.7. The van der Waals surface area contributed by atoms with Crippen LogP contribution in [0, 0.1) is 5.92 Å². The lowest BCUT2D eigenvalue weighted by atomic mass is 10.1. The molecule has 0 aliphatic heterocycles. The quantitative estimate of drug-likeness (QED) is 0.416. The lowest BCUT2D eigenvalue weighted by Gasteiger charge is -2.02. The summed E-state index contributed by atoms with van der Waals surface area (Å²) in [5, 5.41) is 0. The van der Waals surface area contributed by atoms with Crippen molar-refractivity contribution in [2.24, 2.45) is 10.9 Å². The molecule has 0 aromatic carbocycles. The average molecular weight is 183 g/mol. The molecule has 0 saturated heterocycles. The molecule has 0 rings (SSSR count).